The SMILES string of the molecule is CCCCCC/C=C\C/C=C\CCCCCCCCCC(=O)OCC(COP(=O)(O)OCCN)OC(=O)CCCCCCCC/C=C\C/C=C\C/C=C\CCCCCCC. The van der Waals surface area contributed by atoms with Gasteiger partial charge in [0.05, 0.1) is 13.2 Å². The van der Waals surface area contributed by atoms with Gasteiger partial charge in [-0.3, -0.25) is 18.6 Å². The number of carbonyl (C=O) groups is 2. The molecule has 0 aromatic carbocycles. The van der Waals surface area contributed by atoms with E-state index in [0.717, 1.165) is 89.9 Å². The first-order valence-corrected chi connectivity index (χ1v) is 25.8. The van der Waals surface area contributed by atoms with Crippen LogP contribution < -0.4 is 5.73 Å². The number of phosphoric acid groups is 1. The molecule has 0 bridgehead atoms. The maximum Gasteiger partial charge on any atom is 0.472 e. The van der Waals surface area contributed by atoms with Crippen molar-refractivity contribution in [3.63, 3.8) is 0 Å². The lowest BCUT2D eigenvalue weighted by Crippen LogP contribution is -2.29. The van der Waals surface area contributed by atoms with Gasteiger partial charge in [-0.05, 0) is 83.5 Å². The topological polar surface area (TPSA) is 134 Å². The molecule has 0 aliphatic rings. The number of hydrogen-bond donors (Lipinski definition) is 2. The van der Waals surface area contributed by atoms with Gasteiger partial charge in [0.1, 0.15) is 6.61 Å². The van der Waals surface area contributed by atoms with Crippen LogP contribution in [0.2, 0.25) is 0 Å². The van der Waals surface area contributed by atoms with Crippen LogP contribution in [-0.2, 0) is 32.7 Å². The van der Waals surface area contributed by atoms with Gasteiger partial charge in [0, 0.05) is 19.4 Å². The van der Waals surface area contributed by atoms with Crippen LogP contribution in [0.25, 0.3) is 0 Å². The average Bonchev–Trinajstić information content (AvgIpc) is 3.24. The zero-order valence-electron chi connectivity index (χ0n) is 38.4. The molecule has 0 amide bonds. The molecule has 0 aliphatic heterocycles. The van der Waals surface area contributed by atoms with Gasteiger partial charge in [-0.15, -0.1) is 0 Å². The fourth-order valence-corrected chi connectivity index (χ4v) is 7.26. The minimum absolute atomic E-state index is 0.0475. The molecule has 0 aromatic rings. The van der Waals surface area contributed by atoms with Gasteiger partial charge in [0.25, 0.3) is 0 Å². The number of rotatable bonds is 45. The van der Waals surface area contributed by atoms with Crippen LogP contribution in [-0.4, -0.2) is 49.3 Å². The number of phosphoric ester groups is 1. The quantitative estimate of drug-likeness (QED) is 0.0265. The number of hydrogen-bond acceptors (Lipinski definition) is 8. The fraction of sp³-hybridized carbons (Fsp3) is 0.760. The molecule has 0 spiro atoms. The Morgan fingerprint density at radius 2 is 0.867 bits per heavy atom. The average molecular weight is 864 g/mol. The summed E-state index contributed by atoms with van der Waals surface area (Å²) in [6, 6.07) is 0. The molecule has 60 heavy (non-hydrogen) atoms. The van der Waals surface area contributed by atoms with E-state index in [9.17, 15) is 19.0 Å². The molecule has 0 fully saturated rings. The van der Waals surface area contributed by atoms with Crippen molar-refractivity contribution in [3.05, 3.63) is 60.8 Å². The first-order valence-electron chi connectivity index (χ1n) is 24.3. The standard InChI is InChI=1S/C50H90NO8P/c1-3-5-7-9-11-13-15-17-19-21-23-24-25-27-29-31-33-35-37-39-41-43-50(53)59-48(47-58-60(54,55)57-45-44-51)46-56-49(52)42-40-38-36-34-32-30-28-26-22-20-18-16-14-12-10-8-6-4-2/h14-17,20-23,25,27,48H,3-13,18-19,24,26,28-47,51H2,1-2H3,(H,54,55)/b16-14-,17-15-,22-20-,23-21-,27-25-. The molecule has 0 saturated heterocycles. The van der Waals surface area contributed by atoms with Crippen molar-refractivity contribution in [2.45, 2.75) is 219 Å². The third-order valence-electron chi connectivity index (χ3n) is 10.1. The summed E-state index contributed by atoms with van der Waals surface area (Å²) < 4.78 is 32.9. The van der Waals surface area contributed by atoms with Crippen LogP contribution in [0.1, 0.15) is 213 Å². The molecule has 0 heterocycles. The van der Waals surface area contributed by atoms with Gasteiger partial charge in [-0.1, -0.05) is 177 Å². The van der Waals surface area contributed by atoms with Gasteiger partial charge in [0.2, 0.25) is 0 Å². The Balaban J connectivity index is 4.14. The Hall–Kier alpha value is -2.29. The van der Waals surface area contributed by atoms with E-state index in [1.165, 1.54) is 89.9 Å². The lowest BCUT2D eigenvalue weighted by atomic mass is 10.1. The van der Waals surface area contributed by atoms with E-state index in [-0.39, 0.29) is 32.6 Å². The molecule has 0 radical (unpaired) electrons. The number of carbonyl (C=O) groups excluding carboxylic acids is 2. The lowest BCUT2D eigenvalue weighted by molar-refractivity contribution is -0.161. The molecule has 9 nitrogen and oxygen atoms in total. The Morgan fingerprint density at radius 1 is 0.500 bits per heavy atom. The van der Waals surface area contributed by atoms with Crippen LogP contribution in [0.4, 0.5) is 0 Å². The normalized spacial score (nSPS) is 13.7. The van der Waals surface area contributed by atoms with Gasteiger partial charge >= 0.3 is 19.8 Å². The highest BCUT2D eigenvalue weighted by Crippen LogP contribution is 2.43. The minimum Gasteiger partial charge on any atom is -0.462 e. The smallest absolute Gasteiger partial charge is 0.462 e. The van der Waals surface area contributed by atoms with E-state index in [4.69, 9.17) is 24.3 Å². The van der Waals surface area contributed by atoms with Crippen LogP contribution in [0.15, 0.2) is 60.8 Å². The lowest BCUT2D eigenvalue weighted by Gasteiger charge is -2.19. The van der Waals surface area contributed by atoms with Crippen molar-refractivity contribution in [1.29, 1.82) is 0 Å². The zero-order chi connectivity index (χ0) is 43.9. The van der Waals surface area contributed by atoms with Crippen molar-refractivity contribution in [2.75, 3.05) is 26.4 Å². The molecular weight excluding hydrogens is 774 g/mol. The summed E-state index contributed by atoms with van der Waals surface area (Å²) in [5.74, 6) is -0.852. The summed E-state index contributed by atoms with van der Waals surface area (Å²) in [5.41, 5.74) is 5.36. The van der Waals surface area contributed by atoms with Gasteiger partial charge < -0.3 is 20.1 Å². The van der Waals surface area contributed by atoms with Crippen molar-refractivity contribution in [3.8, 4) is 0 Å². The second-order valence-electron chi connectivity index (χ2n) is 16.0. The maximum absolute atomic E-state index is 12.6. The van der Waals surface area contributed by atoms with Crippen molar-refractivity contribution in [1.82, 2.24) is 0 Å². The number of esters is 2. The van der Waals surface area contributed by atoms with Gasteiger partial charge in [-0.2, -0.15) is 0 Å². The van der Waals surface area contributed by atoms with Crippen LogP contribution in [0.5, 0.6) is 0 Å². The second-order valence-corrected chi connectivity index (χ2v) is 17.4. The Bertz CT molecular complexity index is 1170. The summed E-state index contributed by atoms with van der Waals surface area (Å²) in [6.45, 7) is 3.69. The van der Waals surface area contributed by atoms with E-state index < -0.39 is 32.5 Å². The summed E-state index contributed by atoms with van der Waals surface area (Å²) in [5, 5.41) is 0. The van der Waals surface area contributed by atoms with E-state index in [2.05, 4.69) is 74.6 Å². The molecule has 348 valence electrons. The summed E-state index contributed by atoms with van der Waals surface area (Å²) in [7, 11) is -4.39. The highest BCUT2D eigenvalue weighted by molar-refractivity contribution is 7.47. The highest BCUT2D eigenvalue weighted by atomic mass is 31.2. The van der Waals surface area contributed by atoms with Gasteiger partial charge in [0.15, 0.2) is 6.10 Å². The zero-order valence-corrected chi connectivity index (χ0v) is 39.3. The number of ether oxygens (including phenoxy) is 2. The predicted molar refractivity (Wildman–Crippen MR) is 252 cm³/mol. The van der Waals surface area contributed by atoms with Crippen LogP contribution in [0.3, 0.4) is 0 Å². The minimum atomic E-state index is -4.39. The predicted octanol–water partition coefficient (Wildman–Crippen LogP) is 14.4. The van der Waals surface area contributed by atoms with Crippen molar-refractivity contribution >= 4 is 19.8 Å². The van der Waals surface area contributed by atoms with Gasteiger partial charge in [-0.25, -0.2) is 4.57 Å². The van der Waals surface area contributed by atoms with Crippen molar-refractivity contribution in [2.24, 2.45) is 5.73 Å². The maximum atomic E-state index is 12.6. The fourth-order valence-electron chi connectivity index (χ4n) is 6.49. The first kappa shape index (κ1) is 57.7. The molecule has 2 atom stereocenters. The molecule has 2 unspecified atom stereocenters. The third-order valence-corrected chi connectivity index (χ3v) is 11.1. The molecular formula is C50H90NO8P. The number of nitrogens with two attached hydrogens (primary N) is 1. The van der Waals surface area contributed by atoms with Crippen LogP contribution >= 0.6 is 7.82 Å². The molecule has 3 N–H and O–H groups in total. The Labute approximate surface area is 368 Å². The molecule has 10 heteroatoms. The summed E-state index contributed by atoms with van der Waals surface area (Å²) in [6.07, 6.45) is 55.3. The molecule has 0 aliphatic carbocycles. The van der Waals surface area contributed by atoms with Crippen LogP contribution in [0, 0.1) is 0 Å². The van der Waals surface area contributed by atoms with E-state index in [0.29, 0.717) is 6.42 Å². The monoisotopic (exact) mass is 864 g/mol. The Morgan fingerprint density at radius 3 is 1.30 bits per heavy atom. The second kappa shape index (κ2) is 46.2. The van der Waals surface area contributed by atoms with E-state index in [1.807, 2.05) is 0 Å². The largest absolute Gasteiger partial charge is 0.472 e. The summed E-state index contributed by atoms with van der Waals surface area (Å²) >= 11 is 0. The Kier molecular flexibility index (Phi) is 44.5. The van der Waals surface area contributed by atoms with E-state index >= 15 is 0 Å². The number of unbranched alkanes of at least 4 members (excludes halogenated alkanes) is 22. The number of allylic oxidation sites excluding steroid dienone is 10. The third kappa shape index (κ3) is 45.2. The first-order chi connectivity index (χ1) is 29.3. The molecule has 0 aromatic heterocycles. The van der Waals surface area contributed by atoms with E-state index in [1.54, 1.807) is 0 Å². The molecule has 0 rings (SSSR count). The molecule has 0 saturated carbocycles. The summed E-state index contributed by atoms with van der Waals surface area (Å²) in [4.78, 5) is 35.0. The van der Waals surface area contributed by atoms with Crippen molar-refractivity contribution < 1.29 is 37.6 Å². The highest BCUT2D eigenvalue weighted by Gasteiger charge is 2.26.